The van der Waals surface area contributed by atoms with Crippen molar-refractivity contribution in [3.05, 3.63) is 85.6 Å². The Kier molecular flexibility index (Phi) is 5.06. The quantitative estimate of drug-likeness (QED) is 0.519. The molecule has 0 amide bonds. The average Bonchev–Trinajstić information content (AvgIpc) is 3.23. The first kappa shape index (κ1) is 16.8. The molecule has 6 nitrogen and oxygen atoms in total. The molecule has 0 aliphatic rings. The van der Waals surface area contributed by atoms with Gasteiger partial charge in [0, 0.05) is 35.7 Å². The summed E-state index contributed by atoms with van der Waals surface area (Å²) in [7, 11) is 0. The van der Waals surface area contributed by atoms with Gasteiger partial charge in [-0.3, -0.25) is 4.68 Å². The van der Waals surface area contributed by atoms with E-state index < -0.39 is 0 Å². The number of nitrogens with zero attached hydrogens (tertiary/aromatic N) is 4. The van der Waals surface area contributed by atoms with Crippen LogP contribution in [0.1, 0.15) is 0 Å². The van der Waals surface area contributed by atoms with E-state index in [1.807, 2.05) is 60.8 Å². The van der Waals surface area contributed by atoms with E-state index >= 15 is 0 Å². The SMILES string of the molecule is c1ccc(Nc2cc(NCCn3cncn3)c(-c3ccccc3)cn2)cc1. The Morgan fingerprint density at radius 2 is 1.70 bits per heavy atom. The fourth-order valence-electron chi connectivity index (χ4n) is 2.84. The summed E-state index contributed by atoms with van der Waals surface area (Å²) >= 11 is 0. The van der Waals surface area contributed by atoms with Crippen molar-refractivity contribution in [1.82, 2.24) is 19.7 Å². The van der Waals surface area contributed by atoms with E-state index in [0.29, 0.717) is 0 Å². The van der Waals surface area contributed by atoms with Gasteiger partial charge in [0.15, 0.2) is 0 Å². The molecular formula is C21H20N6. The fraction of sp³-hybridized carbons (Fsp3) is 0.0952. The van der Waals surface area contributed by atoms with Crippen molar-refractivity contribution >= 4 is 17.2 Å². The first-order valence-electron chi connectivity index (χ1n) is 8.82. The summed E-state index contributed by atoms with van der Waals surface area (Å²) in [5.74, 6) is 0.795. The van der Waals surface area contributed by atoms with Crippen molar-refractivity contribution in [3.63, 3.8) is 0 Å². The van der Waals surface area contributed by atoms with Crippen LogP contribution in [0.15, 0.2) is 85.6 Å². The van der Waals surface area contributed by atoms with Crippen molar-refractivity contribution in [2.24, 2.45) is 0 Å². The molecule has 0 radical (unpaired) electrons. The van der Waals surface area contributed by atoms with Gasteiger partial charge < -0.3 is 10.6 Å². The molecule has 2 aromatic carbocycles. The van der Waals surface area contributed by atoms with Crippen molar-refractivity contribution in [1.29, 1.82) is 0 Å². The fourth-order valence-corrected chi connectivity index (χ4v) is 2.84. The van der Waals surface area contributed by atoms with Gasteiger partial charge in [-0.2, -0.15) is 5.10 Å². The molecule has 0 unspecified atom stereocenters. The van der Waals surface area contributed by atoms with Gasteiger partial charge in [0.2, 0.25) is 0 Å². The van der Waals surface area contributed by atoms with Crippen molar-refractivity contribution in [3.8, 4) is 11.1 Å². The topological polar surface area (TPSA) is 67.7 Å². The smallest absolute Gasteiger partial charge is 0.137 e. The molecular weight excluding hydrogens is 336 g/mol. The summed E-state index contributed by atoms with van der Waals surface area (Å²) < 4.78 is 1.81. The van der Waals surface area contributed by atoms with Crippen LogP contribution in [0.4, 0.5) is 17.2 Å². The molecule has 2 N–H and O–H groups in total. The Balaban J connectivity index is 1.58. The predicted molar refractivity (Wildman–Crippen MR) is 108 cm³/mol. The normalized spacial score (nSPS) is 10.5. The molecule has 0 fully saturated rings. The van der Waals surface area contributed by atoms with Crippen LogP contribution in [0.25, 0.3) is 11.1 Å². The Labute approximate surface area is 157 Å². The second kappa shape index (κ2) is 8.14. The van der Waals surface area contributed by atoms with Crippen LogP contribution in [0.3, 0.4) is 0 Å². The van der Waals surface area contributed by atoms with E-state index in [2.05, 4.69) is 37.8 Å². The van der Waals surface area contributed by atoms with Gasteiger partial charge in [0.25, 0.3) is 0 Å². The minimum atomic E-state index is 0.734. The van der Waals surface area contributed by atoms with Gasteiger partial charge >= 0.3 is 0 Å². The third kappa shape index (κ3) is 4.30. The maximum absolute atomic E-state index is 4.59. The van der Waals surface area contributed by atoms with Crippen molar-refractivity contribution in [2.75, 3.05) is 17.2 Å². The lowest BCUT2D eigenvalue weighted by molar-refractivity contribution is 0.636. The predicted octanol–water partition coefficient (Wildman–Crippen LogP) is 4.20. The molecule has 0 atom stereocenters. The summed E-state index contributed by atoms with van der Waals surface area (Å²) in [6.45, 7) is 1.47. The van der Waals surface area contributed by atoms with Gasteiger partial charge in [-0.05, 0) is 17.7 Å². The second-order valence-electron chi connectivity index (χ2n) is 6.06. The lowest BCUT2D eigenvalue weighted by Gasteiger charge is -2.14. The summed E-state index contributed by atoms with van der Waals surface area (Å²) in [4.78, 5) is 8.57. The van der Waals surface area contributed by atoms with Crippen molar-refractivity contribution in [2.45, 2.75) is 6.54 Å². The van der Waals surface area contributed by atoms with Gasteiger partial charge in [-0.15, -0.1) is 0 Å². The minimum Gasteiger partial charge on any atom is -0.383 e. The molecule has 0 aliphatic heterocycles. The average molecular weight is 356 g/mol. The molecule has 2 heterocycles. The van der Waals surface area contributed by atoms with E-state index in [0.717, 1.165) is 41.4 Å². The number of anilines is 3. The van der Waals surface area contributed by atoms with E-state index in [1.165, 1.54) is 0 Å². The number of para-hydroxylation sites is 1. The highest BCUT2D eigenvalue weighted by atomic mass is 15.3. The number of aromatic nitrogens is 4. The van der Waals surface area contributed by atoms with Crippen LogP contribution >= 0.6 is 0 Å². The highest BCUT2D eigenvalue weighted by Gasteiger charge is 2.08. The molecule has 0 spiro atoms. The highest BCUT2D eigenvalue weighted by molar-refractivity contribution is 5.79. The summed E-state index contributed by atoms with van der Waals surface area (Å²) in [6, 6.07) is 22.3. The summed E-state index contributed by atoms with van der Waals surface area (Å²) in [6.07, 6.45) is 5.16. The van der Waals surface area contributed by atoms with Crippen LogP contribution in [-0.4, -0.2) is 26.3 Å². The van der Waals surface area contributed by atoms with Crippen LogP contribution in [0.5, 0.6) is 0 Å². The first-order chi connectivity index (χ1) is 13.4. The van der Waals surface area contributed by atoms with E-state index in [4.69, 9.17) is 0 Å². The van der Waals surface area contributed by atoms with Crippen LogP contribution in [-0.2, 0) is 6.54 Å². The molecule has 2 aromatic heterocycles. The Morgan fingerprint density at radius 1 is 0.926 bits per heavy atom. The van der Waals surface area contributed by atoms with Gasteiger partial charge in [-0.25, -0.2) is 9.97 Å². The number of rotatable bonds is 7. The van der Waals surface area contributed by atoms with Crippen molar-refractivity contribution < 1.29 is 0 Å². The van der Waals surface area contributed by atoms with Crippen LogP contribution < -0.4 is 10.6 Å². The third-order valence-electron chi connectivity index (χ3n) is 4.16. The highest BCUT2D eigenvalue weighted by Crippen LogP contribution is 2.30. The largest absolute Gasteiger partial charge is 0.383 e. The number of hydrogen-bond donors (Lipinski definition) is 2. The molecule has 4 rings (SSSR count). The lowest BCUT2D eigenvalue weighted by atomic mass is 10.1. The van der Waals surface area contributed by atoms with E-state index in [9.17, 15) is 0 Å². The minimum absolute atomic E-state index is 0.734. The van der Waals surface area contributed by atoms with Gasteiger partial charge in [0.05, 0.1) is 6.54 Å². The molecule has 4 aromatic rings. The Morgan fingerprint density at radius 3 is 2.44 bits per heavy atom. The monoisotopic (exact) mass is 356 g/mol. The summed E-state index contributed by atoms with van der Waals surface area (Å²) in [5.41, 5.74) is 4.22. The number of pyridine rings is 1. The van der Waals surface area contributed by atoms with Gasteiger partial charge in [0.1, 0.15) is 18.5 Å². The zero-order chi connectivity index (χ0) is 18.3. The Bertz CT molecular complexity index is 968. The number of benzene rings is 2. The molecule has 0 bridgehead atoms. The molecule has 0 saturated carbocycles. The molecule has 27 heavy (non-hydrogen) atoms. The zero-order valence-electron chi connectivity index (χ0n) is 14.8. The molecule has 134 valence electrons. The molecule has 6 heteroatoms. The summed E-state index contributed by atoms with van der Waals surface area (Å²) in [5, 5.41) is 11.0. The lowest BCUT2D eigenvalue weighted by Crippen LogP contribution is -2.12. The number of nitrogens with one attached hydrogen (secondary N) is 2. The Hall–Kier alpha value is -3.67. The zero-order valence-corrected chi connectivity index (χ0v) is 14.8. The van der Waals surface area contributed by atoms with E-state index in [-0.39, 0.29) is 0 Å². The maximum atomic E-state index is 4.59. The maximum Gasteiger partial charge on any atom is 0.137 e. The van der Waals surface area contributed by atoms with Crippen LogP contribution in [0.2, 0.25) is 0 Å². The molecule has 0 aliphatic carbocycles. The first-order valence-corrected chi connectivity index (χ1v) is 8.82. The second-order valence-corrected chi connectivity index (χ2v) is 6.06. The molecule has 0 saturated heterocycles. The number of hydrogen-bond acceptors (Lipinski definition) is 5. The van der Waals surface area contributed by atoms with Crippen LogP contribution in [0, 0.1) is 0 Å². The van der Waals surface area contributed by atoms with Gasteiger partial charge in [-0.1, -0.05) is 48.5 Å². The standard InChI is InChI=1S/C21H20N6/c1-3-7-17(8-4-1)19-14-24-21(26-18-9-5-2-6-10-18)13-20(19)23-11-12-27-16-22-15-25-27/h1-10,13-16H,11-12H2,(H2,23,24,26). The third-order valence-corrected chi connectivity index (χ3v) is 4.16. The van der Waals surface area contributed by atoms with E-state index in [1.54, 1.807) is 17.3 Å².